The summed E-state index contributed by atoms with van der Waals surface area (Å²) in [6.45, 7) is 5.91. The summed E-state index contributed by atoms with van der Waals surface area (Å²) in [5.74, 6) is -0.210. The van der Waals surface area contributed by atoms with Crippen LogP contribution in [-0.2, 0) is 12.0 Å². The van der Waals surface area contributed by atoms with Crippen LogP contribution >= 0.6 is 15.9 Å². The summed E-state index contributed by atoms with van der Waals surface area (Å²) in [7, 11) is 0. The monoisotopic (exact) mass is 335 g/mol. The highest BCUT2D eigenvalue weighted by molar-refractivity contribution is 9.10. The largest absolute Gasteiger partial charge is 0.312 e. The van der Waals surface area contributed by atoms with Crippen molar-refractivity contribution < 1.29 is 4.39 Å². The van der Waals surface area contributed by atoms with E-state index in [1.807, 2.05) is 12.1 Å². The second-order valence-corrected chi connectivity index (χ2v) is 6.55. The van der Waals surface area contributed by atoms with Gasteiger partial charge in [0.15, 0.2) is 0 Å². The number of rotatable bonds is 5. The highest BCUT2D eigenvalue weighted by Gasteiger charge is 2.19. The summed E-state index contributed by atoms with van der Waals surface area (Å²) < 4.78 is 14.1. The van der Waals surface area contributed by atoms with E-state index in [-0.39, 0.29) is 11.2 Å². The van der Waals surface area contributed by atoms with E-state index in [2.05, 4.69) is 59.4 Å². The molecule has 2 aromatic carbocycles. The van der Waals surface area contributed by atoms with Crippen molar-refractivity contribution >= 4 is 15.9 Å². The van der Waals surface area contributed by atoms with Crippen LogP contribution in [0, 0.1) is 5.82 Å². The third-order valence-electron chi connectivity index (χ3n) is 3.37. The summed E-state index contributed by atoms with van der Waals surface area (Å²) in [5.41, 5.74) is 2.29. The first-order valence-electron chi connectivity index (χ1n) is 6.68. The van der Waals surface area contributed by atoms with Gasteiger partial charge in [0, 0.05) is 23.0 Å². The smallest absolute Gasteiger partial charge is 0.124 e. The first-order valence-corrected chi connectivity index (χ1v) is 7.48. The molecule has 3 heteroatoms. The Labute approximate surface area is 128 Å². The van der Waals surface area contributed by atoms with Gasteiger partial charge in [-0.2, -0.15) is 0 Å². The van der Waals surface area contributed by atoms with Crippen molar-refractivity contribution in [2.24, 2.45) is 0 Å². The molecule has 0 amide bonds. The first kappa shape index (κ1) is 15.2. The van der Waals surface area contributed by atoms with Crippen molar-refractivity contribution in [1.82, 2.24) is 5.32 Å². The van der Waals surface area contributed by atoms with E-state index < -0.39 is 0 Å². The molecule has 0 saturated heterocycles. The maximum absolute atomic E-state index is 13.3. The lowest BCUT2D eigenvalue weighted by Gasteiger charge is -2.25. The van der Waals surface area contributed by atoms with Gasteiger partial charge in [0.05, 0.1) is 0 Å². The van der Waals surface area contributed by atoms with E-state index in [9.17, 15) is 4.39 Å². The Morgan fingerprint density at radius 1 is 1.10 bits per heavy atom. The van der Waals surface area contributed by atoms with Crippen molar-refractivity contribution in [3.05, 3.63) is 69.9 Å². The molecule has 0 atom stereocenters. The Kier molecular flexibility index (Phi) is 4.95. The Morgan fingerprint density at radius 2 is 1.80 bits per heavy atom. The molecule has 1 N–H and O–H groups in total. The number of nitrogens with one attached hydrogen (secondary N) is 1. The van der Waals surface area contributed by atoms with Gasteiger partial charge < -0.3 is 5.32 Å². The lowest BCUT2D eigenvalue weighted by Crippen LogP contribution is -2.32. The van der Waals surface area contributed by atoms with Crippen LogP contribution in [0.1, 0.15) is 25.0 Å². The Balaban J connectivity index is 1.95. The molecule has 0 bridgehead atoms. The van der Waals surface area contributed by atoms with Gasteiger partial charge in [-0.25, -0.2) is 4.39 Å². The lowest BCUT2D eigenvalue weighted by molar-refractivity contribution is 0.468. The molecule has 0 aliphatic rings. The summed E-state index contributed by atoms with van der Waals surface area (Å²) in [4.78, 5) is 0. The number of hydrogen-bond acceptors (Lipinski definition) is 1. The van der Waals surface area contributed by atoms with Gasteiger partial charge in [-0.05, 0) is 29.3 Å². The molecule has 106 valence electrons. The van der Waals surface area contributed by atoms with Crippen LogP contribution < -0.4 is 5.32 Å². The normalized spacial score (nSPS) is 11.6. The molecular formula is C17H19BrFN. The van der Waals surface area contributed by atoms with Gasteiger partial charge >= 0.3 is 0 Å². The molecule has 0 spiro atoms. The molecule has 1 nitrogen and oxygen atoms in total. The fourth-order valence-electron chi connectivity index (χ4n) is 2.22. The molecule has 0 heterocycles. The quantitative estimate of drug-likeness (QED) is 0.838. The topological polar surface area (TPSA) is 12.0 Å². The Bertz CT molecular complexity index is 546. The minimum Gasteiger partial charge on any atom is -0.312 e. The van der Waals surface area contributed by atoms with Crippen molar-refractivity contribution in [3.8, 4) is 0 Å². The van der Waals surface area contributed by atoms with Gasteiger partial charge in [0.25, 0.3) is 0 Å². The predicted octanol–water partition coefficient (Wildman–Crippen LogP) is 4.66. The number of hydrogen-bond donors (Lipinski definition) is 1. The maximum atomic E-state index is 13.3. The van der Waals surface area contributed by atoms with Crippen molar-refractivity contribution in [3.63, 3.8) is 0 Å². The van der Waals surface area contributed by atoms with Gasteiger partial charge in [-0.1, -0.05) is 60.1 Å². The van der Waals surface area contributed by atoms with Gasteiger partial charge in [-0.3, -0.25) is 0 Å². The van der Waals surface area contributed by atoms with Crippen molar-refractivity contribution in [2.45, 2.75) is 25.8 Å². The minimum absolute atomic E-state index is 0.0474. The van der Waals surface area contributed by atoms with E-state index in [1.54, 1.807) is 6.07 Å². The molecule has 2 rings (SSSR count). The summed E-state index contributed by atoms with van der Waals surface area (Å²) in [6.07, 6.45) is 0. The SMILES string of the molecule is CC(C)(CNCc1cc(F)cc(Br)c1)c1ccccc1. The van der Waals surface area contributed by atoms with Gasteiger partial charge in [-0.15, -0.1) is 0 Å². The van der Waals surface area contributed by atoms with E-state index in [1.165, 1.54) is 11.6 Å². The minimum atomic E-state index is -0.210. The summed E-state index contributed by atoms with van der Waals surface area (Å²) >= 11 is 3.31. The molecule has 0 fully saturated rings. The summed E-state index contributed by atoms with van der Waals surface area (Å²) in [6, 6.07) is 15.4. The Morgan fingerprint density at radius 3 is 2.45 bits per heavy atom. The molecule has 0 radical (unpaired) electrons. The fourth-order valence-corrected chi connectivity index (χ4v) is 2.74. The molecule has 0 aliphatic carbocycles. The number of benzene rings is 2. The van der Waals surface area contributed by atoms with E-state index in [4.69, 9.17) is 0 Å². The zero-order valence-electron chi connectivity index (χ0n) is 11.8. The standard InChI is InChI=1S/C17H19BrFN/c1-17(2,14-6-4-3-5-7-14)12-20-11-13-8-15(18)10-16(19)9-13/h3-10,20H,11-12H2,1-2H3. The van der Waals surface area contributed by atoms with Crippen LogP contribution in [0.25, 0.3) is 0 Å². The van der Waals surface area contributed by atoms with Crippen LogP contribution in [0.4, 0.5) is 4.39 Å². The van der Waals surface area contributed by atoms with Crippen LogP contribution in [-0.4, -0.2) is 6.54 Å². The molecule has 0 aliphatic heterocycles. The van der Waals surface area contributed by atoms with Gasteiger partial charge in [0.2, 0.25) is 0 Å². The highest BCUT2D eigenvalue weighted by atomic mass is 79.9. The summed E-state index contributed by atoms with van der Waals surface area (Å²) in [5, 5.41) is 3.41. The molecule has 0 unspecified atom stereocenters. The van der Waals surface area contributed by atoms with Crippen LogP contribution in [0.5, 0.6) is 0 Å². The van der Waals surface area contributed by atoms with Gasteiger partial charge in [0.1, 0.15) is 5.82 Å². The zero-order valence-corrected chi connectivity index (χ0v) is 13.4. The third-order valence-corrected chi connectivity index (χ3v) is 3.83. The molecular weight excluding hydrogens is 317 g/mol. The zero-order chi connectivity index (χ0) is 14.6. The average molecular weight is 336 g/mol. The average Bonchev–Trinajstić information content (AvgIpc) is 2.38. The second-order valence-electron chi connectivity index (χ2n) is 5.63. The maximum Gasteiger partial charge on any atom is 0.124 e. The highest BCUT2D eigenvalue weighted by Crippen LogP contribution is 2.22. The molecule has 20 heavy (non-hydrogen) atoms. The van der Waals surface area contributed by atoms with Crippen LogP contribution in [0.15, 0.2) is 53.0 Å². The molecule has 0 aromatic heterocycles. The molecule has 2 aromatic rings. The van der Waals surface area contributed by atoms with E-state index >= 15 is 0 Å². The molecule has 0 saturated carbocycles. The van der Waals surface area contributed by atoms with Crippen molar-refractivity contribution in [1.29, 1.82) is 0 Å². The third kappa shape index (κ3) is 4.15. The Hall–Kier alpha value is -1.19. The van der Waals surface area contributed by atoms with E-state index in [0.29, 0.717) is 6.54 Å². The first-order chi connectivity index (χ1) is 9.47. The number of halogens is 2. The predicted molar refractivity (Wildman–Crippen MR) is 85.3 cm³/mol. The fraction of sp³-hybridized carbons (Fsp3) is 0.294. The van der Waals surface area contributed by atoms with Crippen LogP contribution in [0.2, 0.25) is 0 Å². The second kappa shape index (κ2) is 6.51. The van der Waals surface area contributed by atoms with E-state index in [0.717, 1.165) is 16.6 Å². The van der Waals surface area contributed by atoms with Crippen LogP contribution in [0.3, 0.4) is 0 Å². The van der Waals surface area contributed by atoms with Crippen molar-refractivity contribution in [2.75, 3.05) is 6.54 Å². The lowest BCUT2D eigenvalue weighted by atomic mass is 9.84.